The van der Waals surface area contributed by atoms with Crippen LogP contribution in [0.2, 0.25) is 0 Å². The summed E-state index contributed by atoms with van der Waals surface area (Å²) in [5.41, 5.74) is 3.94. The highest BCUT2D eigenvalue weighted by Crippen LogP contribution is 2.17. The Labute approximate surface area is 135 Å². The van der Waals surface area contributed by atoms with Gasteiger partial charge in [-0.25, -0.2) is 4.99 Å². The molecule has 0 radical (unpaired) electrons. The fraction of sp³-hybridized carbons (Fsp3) is 0.278. The van der Waals surface area contributed by atoms with Crippen LogP contribution in [0.4, 0.5) is 5.69 Å². The number of aromatic nitrogens is 3. The second-order valence-corrected chi connectivity index (χ2v) is 5.92. The zero-order valence-corrected chi connectivity index (χ0v) is 13.2. The summed E-state index contributed by atoms with van der Waals surface area (Å²) in [6.07, 6.45) is 2.38. The maximum absolute atomic E-state index is 4.83. The van der Waals surface area contributed by atoms with E-state index in [2.05, 4.69) is 34.2 Å². The SMILES string of the molecule is Cc1ccc(N=C(N2CCCC2)n2nc3ccccc3n2)cc1. The third-order valence-electron chi connectivity index (χ3n) is 4.12. The lowest BCUT2D eigenvalue weighted by atomic mass is 10.2. The van der Waals surface area contributed by atoms with Crippen molar-refractivity contribution in [1.82, 2.24) is 19.9 Å². The largest absolute Gasteiger partial charge is 0.340 e. The number of aryl methyl sites for hydroxylation is 1. The number of likely N-dealkylation sites (tertiary alicyclic amines) is 1. The summed E-state index contributed by atoms with van der Waals surface area (Å²) in [4.78, 5) is 8.77. The molecule has 0 saturated carbocycles. The minimum absolute atomic E-state index is 0.808. The van der Waals surface area contributed by atoms with Crippen molar-refractivity contribution in [3.8, 4) is 0 Å². The van der Waals surface area contributed by atoms with Crippen molar-refractivity contribution < 1.29 is 0 Å². The highest BCUT2D eigenvalue weighted by molar-refractivity contribution is 5.86. The van der Waals surface area contributed by atoms with Crippen LogP contribution >= 0.6 is 0 Å². The van der Waals surface area contributed by atoms with Crippen molar-refractivity contribution in [3.63, 3.8) is 0 Å². The molecule has 116 valence electrons. The molecule has 2 heterocycles. The predicted octanol–water partition coefficient (Wildman–Crippen LogP) is 3.37. The van der Waals surface area contributed by atoms with E-state index in [0.29, 0.717) is 0 Å². The highest BCUT2D eigenvalue weighted by Gasteiger charge is 2.20. The number of benzene rings is 2. The van der Waals surface area contributed by atoms with E-state index in [1.165, 1.54) is 18.4 Å². The van der Waals surface area contributed by atoms with Crippen LogP contribution in [0.3, 0.4) is 0 Å². The molecular weight excluding hydrogens is 286 g/mol. The van der Waals surface area contributed by atoms with Gasteiger partial charge in [0.15, 0.2) is 0 Å². The average Bonchev–Trinajstić information content (AvgIpc) is 3.23. The summed E-state index contributed by atoms with van der Waals surface area (Å²) < 4.78 is 0. The minimum atomic E-state index is 0.808. The van der Waals surface area contributed by atoms with Crippen molar-refractivity contribution in [2.45, 2.75) is 19.8 Å². The molecular formula is C18H19N5. The summed E-state index contributed by atoms with van der Waals surface area (Å²) in [5.74, 6) is 0.808. The van der Waals surface area contributed by atoms with E-state index in [-0.39, 0.29) is 0 Å². The van der Waals surface area contributed by atoms with Crippen molar-refractivity contribution in [3.05, 3.63) is 54.1 Å². The number of aliphatic imine (C=N–C) groups is 1. The standard InChI is InChI=1S/C18H19N5/c1-14-8-10-15(11-9-14)19-18(22-12-4-5-13-22)23-20-16-6-2-3-7-17(16)21-23/h2-3,6-11H,4-5,12-13H2,1H3. The Morgan fingerprint density at radius 3 is 2.13 bits per heavy atom. The molecule has 0 N–H and O–H groups in total. The lowest BCUT2D eigenvalue weighted by Crippen LogP contribution is -2.35. The smallest absolute Gasteiger partial charge is 0.245 e. The first kappa shape index (κ1) is 13.9. The van der Waals surface area contributed by atoms with Crippen molar-refractivity contribution in [1.29, 1.82) is 0 Å². The van der Waals surface area contributed by atoms with Crippen LogP contribution in [0.15, 0.2) is 53.5 Å². The fourth-order valence-corrected chi connectivity index (χ4v) is 2.84. The molecule has 1 fully saturated rings. The van der Waals surface area contributed by atoms with Gasteiger partial charge in [0.05, 0.1) is 5.69 Å². The van der Waals surface area contributed by atoms with E-state index < -0.39 is 0 Å². The van der Waals surface area contributed by atoms with Crippen LogP contribution in [0.5, 0.6) is 0 Å². The van der Waals surface area contributed by atoms with Crippen LogP contribution in [0, 0.1) is 6.92 Å². The maximum Gasteiger partial charge on any atom is 0.245 e. The molecule has 0 spiro atoms. The van der Waals surface area contributed by atoms with Gasteiger partial charge in [-0.1, -0.05) is 29.8 Å². The molecule has 0 aliphatic carbocycles. The average molecular weight is 305 g/mol. The maximum atomic E-state index is 4.83. The molecule has 0 atom stereocenters. The summed E-state index contributed by atoms with van der Waals surface area (Å²) >= 11 is 0. The van der Waals surface area contributed by atoms with Crippen molar-refractivity contribution >= 4 is 22.7 Å². The summed E-state index contributed by atoms with van der Waals surface area (Å²) in [7, 11) is 0. The molecule has 0 amide bonds. The van der Waals surface area contributed by atoms with Gasteiger partial charge < -0.3 is 4.90 Å². The van der Waals surface area contributed by atoms with E-state index >= 15 is 0 Å². The molecule has 2 aromatic carbocycles. The van der Waals surface area contributed by atoms with Gasteiger partial charge in [-0.15, -0.1) is 15.0 Å². The van der Waals surface area contributed by atoms with Gasteiger partial charge in [-0.05, 0) is 44.0 Å². The Kier molecular flexibility index (Phi) is 3.54. The van der Waals surface area contributed by atoms with Crippen molar-refractivity contribution in [2.75, 3.05) is 13.1 Å². The second-order valence-electron chi connectivity index (χ2n) is 5.92. The number of hydrogen-bond acceptors (Lipinski definition) is 3. The zero-order chi connectivity index (χ0) is 15.6. The molecule has 4 rings (SSSR count). The van der Waals surface area contributed by atoms with Gasteiger partial charge in [0, 0.05) is 13.1 Å². The molecule has 5 nitrogen and oxygen atoms in total. The van der Waals surface area contributed by atoms with E-state index in [1.54, 1.807) is 4.80 Å². The number of fused-ring (bicyclic) bond motifs is 1. The van der Waals surface area contributed by atoms with Gasteiger partial charge >= 0.3 is 0 Å². The third kappa shape index (κ3) is 2.82. The Morgan fingerprint density at radius 1 is 0.913 bits per heavy atom. The van der Waals surface area contributed by atoms with Gasteiger partial charge in [-0.3, -0.25) is 0 Å². The molecule has 1 aromatic heterocycles. The minimum Gasteiger partial charge on any atom is -0.340 e. The highest BCUT2D eigenvalue weighted by atomic mass is 15.6. The topological polar surface area (TPSA) is 46.3 Å². The number of rotatable bonds is 1. The van der Waals surface area contributed by atoms with E-state index in [4.69, 9.17) is 4.99 Å². The van der Waals surface area contributed by atoms with E-state index in [0.717, 1.165) is 35.8 Å². The first-order valence-electron chi connectivity index (χ1n) is 8.02. The van der Waals surface area contributed by atoms with Gasteiger partial charge in [0.1, 0.15) is 11.0 Å². The summed E-state index contributed by atoms with van der Waals surface area (Å²) in [5, 5.41) is 9.21. The van der Waals surface area contributed by atoms with Crippen LogP contribution in [-0.2, 0) is 0 Å². The molecule has 5 heteroatoms. The first-order chi connectivity index (χ1) is 11.3. The zero-order valence-electron chi connectivity index (χ0n) is 13.2. The lowest BCUT2D eigenvalue weighted by Gasteiger charge is -2.18. The van der Waals surface area contributed by atoms with E-state index in [9.17, 15) is 0 Å². The molecule has 1 aliphatic heterocycles. The second kappa shape index (κ2) is 5.83. The summed E-state index contributed by atoms with van der Waals surface area (Å²) in [6, 6.07) is 16.1. The Morgan fingerprint density at radius 2 is 1.52 bits per heavy atom. The van der Waals surface area contributed by atoms with Gasteiger partial charge in [-0.2, -0.15) is 0 Å². The number of hydrogen-bond donors (Lipinski definition) is 0. The predicted molar refractivity (Wildman–Crippen MR) is 92.0 cm³/mol. The monoisotopic (exact) mass is 305 g/mol. The van der Waals surface area contributed by atoms with E-state index in [1.807, 2.05) is 36.4 Å². The number of nitrogens with zero attached hydrogens (tertiary/aromatic N) is 5. The lowest BCUT2D eigenvalue weighted by molar-refractivity contribution is 0.483. The quantitative estimate of drug-likeness (QED) is 0.511. The Hall–Kier alpha value is -2.69. The molecule has 23 heavy (non-hydrogen) atoms. The van der Waals surface area contributed by atoms with Crippen LogP contribution < -0.4 is 0 Å². The fourth-order valence-electron chi connectivity index (χ4n) is 2.84. The van der Waals surface area contributed by atoms with Crippen LogP contribution in [-0.4, -0.2) is 38.9 Å². The normalized spacial score (nSPS) is 15.5. The van der Waals surface area contributed by atoms with Gasteiger partial charge in [0.2, 0.25) is 5.96 Å². The van der Waals surface area contributed by atoms with Crippen LogP contribution in [0.1, 0.15) is 18.4 Å². The van der Waals surface area contributed by atoms with Gasteiger partial charge in [0.25, 0.3) is 0 Å². The Bertz CT molecular complexity index is 808. The van der Waals surface area contributed by atoms with Crippen molar-refractivity contribution in [2.24, 2.45) is 4.99 Å². The summed E-state index contributed by atoms with van der Waals surface area (Å²) in [6.45, 7) is 4.09. The third-order valence-corrected chi connectivity index (χ3v) is 4.12. The molecule has 0 bridgehead atoms. The Balaban J connectivity index is 1.79. The molecule has 1 aliphatic rings. The molecule has 1 saturated heterocycles. The molecule has 0 unspecified atom stereocenters. The first-order valence-corrected chi connectivity index (χ1v) is 8.02. The van der Waals surface area contributed by atoms with Crippen LogP contribution in [0.25, 0.3) is 11.0 Å². The molecule has 3 aromatic rings.